The second kappa shape index (κ2) is 7.11. The molecule has 0 aromatic heterocycles. The van der Waals surface area contributed by atoms with Gasteiger partial charge >= 0.3 is 5.97 Å². The van der Waals surface area contributed by atoms with Crippen LogP contribution in [0.3, 0.4) is 0 Å². The van der Waals surface area contributed by atoms with Crippen molar-refractivity contribution in [3.8, 4) is 0 Å². The summed E-state index contributed by atoms with van der Waals surface area (Å²) < 4.78 is 13.3. The molecule has 0 aliphatic heterocycles. The molecule has 1 aromatic carbocycles. The summed E-state index contributed by atoms with van der Waals surface area (Å²) in [6.07, 6.45) is 3.27. The molecular formula is C18H24FNO3. The number of carbonyl (C=O) groups is 2. The van der Waals surface area contributed by atoms with Crippen molar-refractivity contribution in [3.05, 3.63) is 35.6 Å². The Kier molecular flexibility index (Phi) is 5.39. The number of amides is 1. The van der Waals surface area contributed by atoms with Gasteiger partial charge in [-0.15, -0.1) is 0 Å². The minimum atomic E-state index is -0.856. The fourth-order valence-electron chi connectivity index (χ4n) is 3.46. The van der Waals surface area contributed by atoms with E-state index < -0.39 is 17.4 Å². The third-order valence-corrected chi connectivity index (χ3v) is 4.84. The normalized spacial score (nSPS) is 25.6. The Bertz CT molecular complexity index is 589. The summed E-state index contributed by atoms with van der Waals surface area (Å²) in [7, 11) is 0. The highest BCUT2D eigenvalue weighted by Crippen LogP contribution is 2.34. The van der Waals surface area contributed by atoms with Crippen LogP contribution in [0.1, 0.15) is 57.4 Å². The fraction of sp³-hybridized carbons (Fsp3) is 0.556. The predicted octanol–water partition coefficient (Wildman–Crippen LogP) is 3.47. The topological polar surface area (TPSA) is 66.4 Å². The van der Waals surface area contributed by atoms with Crippen LogP contribution in [0.4, 0.5) is 4.39 Å². The van der Waals surface area contributed by atoms with Gasteiger partial charge in [-0.25, -0.2) is 4.39 Å². The molecule has 1 aromatic rings. The maximum atomic E-state index is 13.3. The lowest BCUT2D eigenvalue weighted by atomic mass is 9.73. The van der Waals surface area contributed by atoms with Crippen LogP contribution in [-0.4, -0.2) is 22.5 Å². The van der Waals surface area contributed by atoms with E-state index in [0.717, 1.165) is 18.4 Å². The van der Waals surface area contributed by atoms with E-state index in [1.165, 1.54) is 12.1 Å². The molecule has 0 bridgehead atoms. The Morgan fingerprint density at radius 2 is 2.17 bits per heavy atom. The zero-order valence-corrected chi connectivity index (χ0v) is 13.6. The summed E-state index contributed by atoms with van der Waals surface area (Å²) in [5, 5.41) is 12.3. The van der Waals surface area contributed by atoms with Crippen LogP contribution in [-0.2, 0) is 9.59 Å². The number of carbonyl (C=O) groups excluding carboxylic acids is 1. The van der Waals surface area contributed by atoms with Crippen LogP contribution < -0.4 is 5.32 Å². The molecule has 1 amide bonds. The summed E-state index contributed by atoms with van der Waals surface area (Å²) in [5.74, 6) is -2.03. The van der Waals surface area contributed by atoms with Gasteiger partial charge in [-0.1, -0.05) is 31.9 Å². The van der Waals surface area contributed by atoms with E-state index in [0.29, 0.717) is 12.8 Å². The van der Waals surface area contributed by atoms with Crippen LogP contribution in [0.25, 0.3) is 0 Å². The first-order valence-electron chi connectivity index (χ1n) is 8.11. The maximum absolute atomic E-state index is 13.3. The van der Waals surface area contributed by atoms with Gasteiger partial charge in [0, 0.05) is 6.42 Å². The number of nitrogens with one attached hydrogen (secondary N) is 1. The molecule has 1 aliphatic rings. The van der Waals surface area contributed by atoms with E-state index in [1.54, 1.807) is 12.1 Å². The predicted molar refractivity (Wildman–Crippen MR) is 85.6 cm³/mol. The molecule has 4 nitrogen and oxygen atoms in total. The van der Waals surface area contributed by atoms with Crippen molar-refractivity contribution in [2.75, 3.05) is 0 Å². The molecule has 0 radical (unpaired) electrons. The molecule has 1 aliphatic carbocycles. The summed E-state index contributed by atoms with van der Waals surface area (Å²) in [5.41, 5.74) is 0.0618. The second-order valence-electron chi connectivity index (χ2n) is 6.76. The van der Waals surface area contributed by atoms with Gasteiger partial charge in [-0.2, -0.15) is 0 Å². The SMILES string of the molecule is CC(CC(=O)NC1(C)CCCCC1C(=O)O)c1cccc(F)c1. The standard InChI is InChI=1S/C18H24FNO3/c1-12(13-6-5-7-14(19)11-13)10-16(21)20-18(2)9-4-3-8-15(18)17(22)23/h5-7,11-12,15H,3-4,8-10H2,1-2H3,(H,20,21)(H,22,23). The lowest BCUT2D eigenvalue weighted by Gasteiger charge is -2.40. The number of hydrogen-bond acceptors (Lipinski definition) is 2. The number of carboxylic acids is 1. The van der Waals surface area contributed by atoms with Crippen molar-refractivity contribution in [2.24, 2.45) is 5.92 Å². The van der Waals surface area contributed by atoms with E-state index in [9.17, 15) is 19.1 Å². The van der Waals surface area contributed by atoms with E-state index in [-0.39, 0.29) is 24.1 Å². The third-order valence-electron chi connectivity index (χ3n) is 4.84. The van der Waals surface area contributed by atoms with E-state index in [2.05, 4.69) is 5.32 Å². The van der Waals surface area contributed by atoms with Crippen LogP contribution in [0, 0.1) is 11.7 Å². The zero-order chi connectivity index (χ0) is 17.0. The molecule has 5 heteroatoms. The molecule has 1 fully saturated rings. The smallest absolute Gasteiger partial charge is 0.308 e. The molecule has 3 unspecified atom stereocenters. The molecule has 23 heavy (non-hydrogen) atoms. The van der Waals surface area contributed by atoms with Gasteiger partial charge < -0.3 is 10.4 Å². The van der Waals surface area contributed by atoms with Gasteiger partial charge in [0.05, 0.1) is 11.5 Å². The van der Waals surface area contributed by atoms with Crippen molar-refractivity contribution in [2.45, 2.75) is 57.4 Å². The third kappa shape index (κ3) is 4.30. The van der Waals surface area contributed by atoms with Gasteiger partial charge in [0.15, 0.2) is 0 Å². The van der Waals surface area contributed by atoms with Gasteiger partial charge in [-0.05, 0) is 43.4 Å². The Morgan fingerprint density at radius 3 is 2.83 bits per heavy atom. The van der Waals surface area contributed by atoms with Gasteiger partial charge in [-0.3, -0.25) is 9.59 Å². The fourth-order valence-corrected chi connectivity index (χ4v) is 3.46. The summed E-state index contributed by atoms with van der Waals surface area (Å²) in [6, 6.07) is 6.22. The molecule has 2 rings (SSSR count). The number of benzene rings is 1. The molecule has 2 N–H and O–H groups in total. The largest absolute Gasteiger partial charge is 0.481 e. The molecule has 0 heterocycles. The van der Waals surface area contributed by atoms with E-state index in [4.69, 9.17) is 0 Å². The Morgan fingerprint density at radius 1 is 1.43 bits per heavy atom. The first-order chi connectivity index (χ1) is 10.8. The summed E-state index contributed by atoms with van der Waals surface area (Å²) in [6.45, 7) is 3.68. The Balaban J connectivity index is 2.01. The highest BCUT2D eigenvalue weighted by atomic mass is 19.1. The van der Waals surface area contributed by atoms with Crippen molar-refractivity contribution in [1.82, 2.24) is 5.32 Å². The molecule has 1 saturated carbocycles. The number of hydrogen-bond donors (Lipinski definition) is 2. The summed E-state index contributed by atoms with van der Waals surface area (Å²) >= 11 is 0. The van der Waals surface area contributed by atoms with Gasteiger partial charge in [0.25, 0.3) is 0 Å². The molecule has 126 valence electrons. The minimum absolute atomic E-state index is 0.124. The highest BCUT2D eigenvalue weighted by molar-refractivity contribution is 5.80. The zero-order valence-electron chi connectivity index (χ0n) is 13.6. The van der Waals surface area contributed by atoms with Crippen LogP contribution in [0.5, 0.6) is 0 Å². The van der Waals surface area contributed by atoms with Crippen molar-refractivity contribution in [1.29, 1.82) is 0 Å². The Labute approximate surface area is 136 Å². The number of aliphatic carboxylic acids is 1. The first-order valence-corrected chi connectivity index (χ1v) is 8.11. The van der Waals surface area contributed by atoms with Crippen LogP contribution in [0.15, 0.2) is 24.3 Å². The number of halogens is 1. The van der Waals surface area contributed by atoms with E-state index in [1.807, 2.05) is 13.8 Å². The van der Waals surface area contributed by atoms with Crippen molar-refractivity contribution >= 4 is 11.9 Å². The molecule has 0 saturated heterocycles. The average molecular weight is 321 g/mol. The monoisotopic (exact) mass is 321 g/mol. The van der Waals surface area contributed by atoms with E-state index >= 15 is 0 Å². The average Bonchev–Trinajstić information content (AvgIpc) is 2.46. The first kappa shape index (κ1) is 17.4. The molecule has 0 spiro atoms. The van der Waals surface area contributed by atoms with Gasteiger partial charge in [0.1, 0.15) is 5.82 Å². The lowest BCUT2D eigenvalue weighted by Crippen LogP contribution is -2.55. The maximum Gasteiger partial charge on any atom is 0.308 e. The van der Waals surface area contributed by atoms with Crippen LogP contribution in [0.2, 0.25) is 0 Å². The summed E-state index contributed by atoms with van der Waals surface area (Å²) in [4.78, 5) is 23.8. The molecular weight excluding hydrogens is 297 g/mol. The lowest BCUT2D eigenvalue weighted by molar-refractivity contribution is -0.146. The molecule has 3 atom stereocenters. The quantitative estimate of drug-likeness (QED) is 0.872. The van der Waals surface area contributed by atoms with Gasteiger partial charge in [0.2, 0.25) is 5.91 Å². The number of rotatable bonds is 5. The minimum Gasteiger partial charge on any atom is -0.481 e. The Hall–Kier alpha value is -1.91. The van der Waals surface area contributed by atoms with Crippen LogP contribution >= 0.6 is 0 Å². The number of carboxylic acid groups (broad SMARTS) is 1. The second-order valence-corrected chi connectivity index (χ2v) is 6.76. The van der Waals surface area contributed by atoms with Crippen molar-refractivity contribution < 1.29 is 19.1 Å². The highest BCUT2D eigenvalue weighted by Gasteiger charge is 2.42. The van der Waals surface area contributed by atoms with Crippen molar-refractivity contribution in [3.63, 3.8) is 0 Å².